The quantitative estimate of drug-likeness (QED) is 0.518. The van der Waals surface area contributed by atoms with Crippen molar-refractivity contribution in [2.75, 3.05) is 6.61 Å². The van der Waals surface area contributed by atoms with Crippen LogP contribution in [0.1, 0.15) is 93.1 Å². The molecule has 1 amide bonds. The molecular formula is C27H37NO3. The largest absolute Gasteiger partial charge is 0.493 e. The summed E-state index contributed by atoms with van der Waals surface area (Å²) in [6, 6.07) is 14.1. The van der Waals surface area contributed by atoms with Gasteiger partial charge in [-0.25, -0.2) is 0 Å². The van der Waals surface area contributed by atoms with Crippen molar-refractivity contribution < 1.29 is 14.3 Å². The van der Waals surface area contributed by atoms with E-state index in [-0.39, 0.29) is 11.9 Å². The molecule has 1 fully saturated rings. The number of benzene rings is 2. The first kappa shape index (κ1) is 23.2. The average molecular weight is 424 g/mol. The first-order chi connectivity index (χ1) is 15.1. The van der Waals surface area contributed by atoms with Crippen LogP contribution in [0, 0.1) is 0 Å². The molecule has 0 aliphatic heterocycles. The second-order valence-corrected chi connectivity index (χ2v) is 8.75. The highest BCUT2D eigenvalue weighted by Crippen LogP contribution is 2.28. The summed E-state index contributed by atoms with van der Waals surface area (Å²) in [4.78, 5) is 13.0. The second-order valence-electron chi connectivity index (χ2n) is 8.75. The summed E-state index contributed by atoms with van der Waals surface area (Å²) in [5, 5.41) is 3.26. The van der Waals surface area contributed by atoms with Crippen LogP contribution >= 0.6 is 0 Å². The maximum atomic E-state index is 13.0. The molecule has 0 radical (unpaired) electrons. The zero-order valence-corrected chi connectivity index (χ0v) is 19.3. The predicted octanol–water partition coefficient (Wildman–Crippen LogP) is 6.63. The molecule has 1 aliphatic rings. The third kappa shape index (κ3) is 6.75. The molecule has 0 aromatic heterocycles. The predicted molar refractivity (Wildman–Crippen MR) is 126 cm³/mol. The minimum absolute atomic E-state index is 0.00236. The smallest absolute Gasteiger partial charge is 0.251 e. The summed E-state index contributed by atoms with van der Waals surface area (Å²) in [6.45, 7) is 7.23. The van der Waals surface area contributed by atoms with Gasteiger partial charge in [0.15, 0.2) is 0 Å². The summed E-state index contributed by atoms with van der Waals surface area (Å²) in [6.07, 6.45) is 8.41. The van der Waals surface area contributed by atoms with E-state index in [1.54, 1.807) is 0 Å². The molecular weight excluding hydrogens is 386 g/mol. The van der Waals surface area contributed by atoms with Crippen molar-refractivity contribution in [2.24, 2.45) is 0 Å². The molecule has 1 saturated carbocycles. The molecule has 31 heavy (non-hydrogen) atoms. The van der Waals surface area contributed by atoms with Crippen LogP contribution in [0.2, 0.25) is 0 Å². The first-order valence-corrected chi connectivity index (χ1v) is 11.9. The molecule has 2 aromatic rings. The molecule has 168 valence electrons. The molecule has 3 rings (SSSR count). The molecule has 0 atom stereocenters. The van der Waals surface area contributed by atoms with Crippen molar-refractivity contribution in [3.63, 3.8) is 0 Å². The zero-order valence-electron chi connectivity index (χ0n) is 19.3. The van der Waals surface area contributed by atoms with Crippen LogP contribution in [0.3, 0.4) is 0 Å². The maximum absolute atomic E-state index is 13.0. The van der Waals surface area contributed by atoms with Gasteiger partial charge in [-0.1, -0.05) is 64.2 Å². The Kier molecular flexibility index (Phi) is 8.81. The average Bonchev–Trinajstić information content (AvgIpc) is 2.75. The van der Waals surface area contributed by atoms with Crippen LogP contribution in [0.5, 0.6) is 11.5 Å². The number of ether oxygens (including phenoxy) is 2. The molecule has 1 aliphatic carbocycles. The van der Waals surface area contributed by atoms with Crippen LogP contribution in [0.25, 0.3) is 0 Å². The standard InChI is InChI=1S/C27H37NO3/c1-4-30-25-17-16-21(27(29)28-23-12-8-6-5-7-9-13-23)18-22(25)19-31-26-15-11-10-14-24(26)20(2)3/h10-11,14-18,20,23H,4-9,12-13,19H2,1-3H3,(H,28,29). The summed E-state index contributed by atoms with van der Waals surface area (Å²) in [5.74, 6) is 2.03. The van der Waals surface area contributed by atoms with E-state index in [1.165, 1.54) is 37.7 Å². The van der Waals surface area contributed by atoms with Crippen LogP contribution < -0.4 is 14.8 Å². The number of carbonyl (C=O) groups excluding carboxylic acids is 1. The van der Waals surface area contributed by atoms with Crippen molar-refractivity contribution in [3.8, 4) is 11.5 Å². The van der Waals surface area contributed by atoms with E-state index in [9.17, 15) is 4.79 Å². The lowest BCUT2D eigenvalue weighted by Crippen LogP contribution is -2.35. The van der Waals surface area contributed by atoms with Gasteiger partial charge in [-0.15, -0.1) is 0 Å². The van der Waals surface area contributed by atoms with Gasteiger partial charge in [0.25, 0.3) is 5.91 Å². The van der Waals surface area contributed by atoms with Gasteiger partial charge in [-0.3, -0.25) is 4.79 Å². The molecule has 0 unspecified atom stereocenters. The highest BCUT2D eigenvalue weighted by atomic mass is 16.5. The number of rotatable bonds is 8. The van der Waals surface area contributed by atoms with Gasteiger partial charge in [0.1, 0.15) is 18.1 Å². The molecule has 0 spiro atoms. The lowest BCUT2D eigenvalue weighted by atomic mass is 9.96. The third-order valence-electron chi connectivity index (χ3n) is 5.99. The number of para-hydroxylation sites is 1. The van der Waals surface area contributed by atoms with Crippen molar-refractivity contribution in [1.29, 1.82) is 0 Å². The highest BCUT2D eigenvalue weighted by molar-refractivity contribution is 5.94. The van der Waals surface area contributed by atoms with Crippen molar-refractivity contribution in [3.05, 3.63) is 59.2 Å². The Labute approximate surface area is 187 Å². The van der Waals surface area contributed by atoms with Crippen molar-refractivity contribution in [1.82, 2.24) is 5.32 Å². The fourth-order valence-electron chi connectivity index (χ4n) is 4.24. The van der Waals surface area contributed by atoms with Crippen molar-refractivity contribution >= 4 is 5.91 Å². The van der Waals surface area contributed by atoms with E-state index < -0.39 is 0 Å². The molecule has 4 nitrogen and oxygen atoms in total. The minimum Gasteiger partial charge on any atom is -0.493 e. The Hall–Kier alpha value is -2.49. The van der Waals surface area contributed by atoms with Crippen molar-refractivity contribution in [2.45, 2.75) is 84.3 Å². The first-order valence-electron chi connectivity index (χ1n) is 11.9. The minimum atomic E-state index is -0.00236. The molecule has 0 heterocycles. The number of hydrogen-bond donors (Lipinski definition) is 1. The van der Waals surface area contributed by atoms with E-state index in [1.807, 2.05) is 43.3 Å². The third-order valence-corrected chi connectivity index (χ3v) is 5.99. The Morgan fingerprint density at radius 1 is 0.968 bits per heavy atom. The van der Waals surface area contributed by atoms with Gasteiger partial charge in [0, 0.05) is 17.2 Å². The zero-order chi connectivity index (χ0) is 22.1. The number of nitrogens with one attached hydrogen (secondary N) is 1. The molecule has 1 N–H and O–H groups in total. The van der Waals surface area contributed by atoms with Gasteiger partial charge in [0.05, 0.1) is 6.61 Å². The molecule has 2 aromatic carbocycles. The Morgan fingerprint density at radius 3 is 2.39 bits per heavy atom. The lowest BCUT2D eigenvalue weighted by Gasteiger charge is -2.21. The van der Waals surface area contributed by atoms with Crippen LogP contribution in [0.4, 0.5) is 0 Å². The van der Waals surface area contributed by atoms with Gasteiger partial charge >= 0.3 is 0 Å². The van der Waals surface area contributed by atoms with Gasteiger partial charge in [-0.05, 0) is 55.5 Å². The molecule has 0 bridgehead atoms. The number of amides is 1. The molecule has 4 heteroatoms. The maximum Gasteiger partial charge on any atom is 0.251 e. The second kappa shape index (κ2) is 11.8. The monoisotopic (exact) mass is 423 g/mol. The van der Waals surface area contributed by atoms with Gasteiger partial charge in [-0.2, -0.15) is 0 Å². The van der Waals surface area contributed by atoms with E-state index in [0.29, 0.717) is 24.7 Å². The fraction of sp³-hybridized carbons (Fsp3) is 0.519. The SMILES string of the molecule is CCOc1ccc(C(=O)NC2CCCCCCC2)cc1COc1ccccc1C(C)C. The summed E-state index contributed by atoms with van der Waals surface area (Å²) >= 11 is 0. The Bertz CT molecular complexity index is 838. The summed E-state index contributed by atoms with van der Waals surface area (Å²) in [5.41, 5.74) is 2.74. The lowest BCUT2D eigenvalue weighted by molar-refractivity contribution is 0.0930. The Balaban J connectivity index is 1.73. The van der Waals surface area contributed by atoms with E-state index in [4.69, 9.17) is 9.47 Å². The van der Waals surface area contributed by atoms with Crippen LogP contribution in [-0.4, -0.2) is 18.6 Å². The number of carbonyl (C=O) groups is 1. The highest BCUT2D eigenvalue weighted by Gasteiger charge is 2.17. The normalized spacial score (nSPS) is 15.2. The van der Waals surface area contributed by atoms with E-state index in [0.717, 1.165) is 29.9 Å². The van der Waals surface area contributed by atoms with E-state index in [2.05, 4.69) is 25.2 Å². The van der Waals surface area contributed by atoms with Crippen LogP contribution in [-0.2, 0) is 6.61 Å². The Morgan fingerprint density at radius 2 is 1.68 bits per heavy atom. The van der Waals surface area contributed by atoms with E-state index >= 15 is 0 Å². The van der Waals surface area contributed by atoms with Crippen LogP contribution in [0.15, 0.2) is 42.5 Å². The molecule has 0 saturated heterocycles. The van der Waals surface area contributed by atoms with Gasteiger partial charge < -0.3 is 14.8 Å². The van der Waals surface area contributed by atoms with Gasteiger partial charge in [0.2, 0.25) is 0 Å². The number of hydrogen-bond acceptors (Lipinski definition) is 3. The summed E-state index contributed by atoms with van der Waals surface area (Å²) in [7, 11) is 0. The topological polar surface area (TPSA) is 47.6 Å². The fourth-order valence-corrected chi connectivity index (χ4v) is 4.24. The summed E-state index contributed by atoms with van der Waals surface area (Å²) < 4.78 is 12.0.